The van der Waals surface area contributed by atoms with Crippen molar-refractivity contribution in [2.75, 3.05) is 0 Å². The summed E-state index contributed by atoms with van der Waals surface area (Å²) < 4.78 is 0.250. The number of carbonyl (C=O) groups excluding carboxylic acids is 2. The lowest BCUT2D eigenvalue weighted by molar-refractivity contribution is -0.309. The standard InChI is InChI=1S/C11H9NO3S3/c1-6(10(14)15)12-9(13)8(18-11(12)16)5-7-3-2-4-17-7/h2-6H,1H3,(H,14,15)/p-1/b8-5+/t6-/m0/s1. The lowest BCUT2D eigenvalue weighted by Gasteiger charge is -2.23. The van der Waals surface area contributed by atoms with E-state index in [9.17, 15) is 14.7 Å². The summed E-state index contributed by atoms with van der Waals surface area (Å²) in [4.78, 5) is 25.3. The molecule has 0 unspecified atom stereocenters. The van der Waals surface area contributed by atoms with Gasteiger partial charge >= 0.3 is 0 Å². The molecule has 0 saturated carbocycles. The van der Waals surface area contributed by atoms with Crippen molar-refractivity contribution in [2.24, 2.45) is 0 Å². The molecule has 0 bridgehead atoms. The fourth-order valence-corrected chi connectivity index (χ4v) is 3.56. The van der Waals surface area contributed by atoms with E-state index in [0.29, 0.717) is 4.91 Å². The van der Waals surface area contributed by atoms with E-state index in [1.165, 1.54) is 18.3 Å². The van der Waals surface area contributed by atoms with Crippen molar-refractivity contribution in [1.29, 1.82) is 0 Å². The summed E-state index contributed by atoms with van der Waals surface area (Å²) in [6.45, 7) is 1.38. The second-order valence-corrected chi connectivity index (χ2v) is 6.22. The van der Waals surface area contributed by atoms with Gasteiger partial charge in [-0.2, -0.15) is 0 Å². The average molecular weight is 298 g/mol. The lowest BCUT2D eigenvalue weighted by Crippen LogP contribution is -2.48. The van der Waals surface area contributed by atoms with Gasteiger partial charge in [0.1, 0.15) is 4.32 Å². The van der Waals surface area contributed by atoms with Crippen molar-refractivity contribution in [3.05, 3.63) is 27.3 Å². The molecular weight excluding hydrogens is 290 g/mol. The molecule has 0 aromatic carbocycles. The highest BCUT2D eigenvalue weighted by molar-refractivity contribution is 8.26. The molecule has 1 saturated heterocycles. The maximum absolute atomic E-state index is 12.1. The minimum Gasteiger partial charge on any atom is -0.548 e. The van der Waals surface area contributed by atoms with Crippen LogP contribution in [0.15, 0.2) is 22.4 Å². The summed E-state index contributed by atoms with van der Waals surface area (Å²) in [6, 6.07) is 2.70. The van der Waals surface area contributed by atoms with Crippen molar-refractivity contribution in [3.63, 3.8) is 0 Å². The molecule has 2 rings (SSSR count). The van der Waals surface area contributed by atoms with Crippen molar-refractivity contribution in [2.45, 2.75) is 13.0 Å². The number of carbonyl (C=O) groups is 2. The molecule has 0 radical (unpaired) electrons. The third-order valence-corrected chi connectivity index (χ3v) is 4.52. The first-order chi connectivity index (χ1) is 8.50. The molecule has 1 aliphatic heterocycles. The molecule has 1 atom stereocenters. The topological polar surface area (TPSA) is 60.4 Å². The van der Waals surface area contributed by atoms with E-state index in [1.54, 1.807) is 6.08 Å². The Morgan fingerprint density at radius 3 is 2.89 bits per heavy atom. The lowest BCUT2D eigenvalue weighted by atomic mass is 10.3. The van der Waals surface area contributed by atoms with Crippen molar-refractivity contribution in [1.82, 2.24) is 4.90 Å². The average Bonchev–Trinajstić information content (AvgIpc) is 2.88. The number of rotatable bonds is 3. The van der Waals surface area contributed by atoms with Gasteiger partial charge in [-0.15, -0.1) is 11.3 Å². The third kappa shape index (κ3) is 2.47. The van der Waals surface area contributed by atoms with Crippen LogP contribution in [0.3, 0.4) is 0 Å². The molecule has 1 aromatic heterocycles. The second-order valence-electron chi connectivity index (χ2n) is 3.56. The van der Waals surface area contributed by atoms with Gasteiger partial charge in [-0.05, 0) is 24.4 Å². The van der Waals surface area contributed by atoms with Gasteiger partial charge in [0.05, 0.1) is 16.9 Å². The second kappa shape index (κ2) is 5.21. The van der Waals surface area contributed by atoms with E-state index in [1.807, 2.05) is 17.5 Å². The van der Waals surface area contributed by atoms with E-state index < -0.39 is 12.0 Å². The van der Waals surface area contributed by atoms with Crippen LogP contribution in [-0.2, 0) is 9.59 Å². The predicted molar refractivity (Wildman–Crippen MR) is 73.8 cm³/mol. The minimum absolute atomic E-state index is 0.250. The SMILES string of the molecule is C[C@@H](C(=O)[O-])N1C(=O)/C(=C\c2cccs2)SC1=S. The molecular formula is C11H8NO3S3-. The summed E-state index contributed by atoms with van der Waals surface area (Å²) in [5, 5.41) is 12.7. The zero-order valence-electron chi connectivity index (χ0n) is 9.28. The number of carboxylic acid groups (broad SMARTS) is 1. The first kappa shape index (κ1) is 13.3. The molecule has 0 spiro atoms. The molecule has 2 heterocycles. The number of thioether (sulfide) groups is 1. The molecule has 7 heteroatoms. The number of nitrogens with zero attached hydrogens (tertiary/aromatic N) is 1. The van der Waals surface area contributed by atoms with Gasteiger partial charge in [0, 0.05) is 4.88 Å². The molecule has 0 N–H and O–H groups in total. The Labute approximate surface area is 117 Å². The Morgan fingerprint density at radius 2 is 2.33 bits per heavy atom. The number of aliphatic carboxylic acids is 1. The summed E-state index contributed by atoms with van der Waals surface area (Å²) in [6.07, 6.45) is 1.71. The summed E-state index contributed by atoms with van der Waals surface area (Å²) >= 11 is 7.63. The largest absolute Gasteiger partial charge is 0.548 e. The van der Waals surface area contributed by atoms with Gasteiger partial charge in [0.15, 0.2) is 0 Å². The summed E-state index contributed by atoms with van der Waals surface area (Å²) in [7, 11) is 0. The molecule has 18 heavy (non-hydrogen) atoms. The van der Waals surface area contributed by atoms with Gasteiger partial charge in [0.25, 0.3) is 5.91 Å². The number of thiophene rings is 1. The number of amides is 1. The Bertz CT molecular complexity index is 536. The smallest absolute Gasteiger partial charge is 0.266 e. The van der Waals surface area contributed by atoms with Gasteiger partial charge in [-0.25, -0.2) is 0 Å². The monoisotopic (exact) mass is 298 g/mol. The zero-order valence-corrected chi connectivity index (χ0v) is 11.7. The van der Waals surface area contributed by atoms with Crippen molar-refractivity contribution >= 4 is 57.6 Å². The molecule has 94 valence electrons. The third-order valence-electron chi connectivity index (χ3n) is 2.37. The number of thiocarbonyl (C=S) groups is 1. The highest BCUT2D eigenvalue weighted by atomic mass is 32.2. The Hall–Kier alpha value is -1.18. The Balaban J connectivity index is 2.27. The van der Waals surface area contributed by atoms with Crippen LogP contribution in [-0.4, -0.2) is 27.1 Å². The number of hydrogen-bond acceptors (Lipinski definition) is 6. The van der Waals surface area contributed by atoms with Crippen molar-refractivity contribution in [3.8, 4) is 0 Å². The maximum Gasteiger partial charge on any atom is 0.266 e. The summed E-state index contributed by atoms with van der Waals surface area (Å²) in [5.41, 5.74) is 0. The first-order valence-electron chi connectivity index (χ1n) is 5.02. The Morgan fingerprint density at radius 1 is 1.61 bits per heavy atom. The van der Waals surface area contributed by atoms with Crippen molar-refractivity contribution < 1.29 is 14.7 Å². The van der Waals surface area contributed by atoms with E-state index >= 15 is 0 Å². The maximum atomic E-state index is 12.1. The van der Waals surface area contributed by atoms with Crippen LogP contribution in [0.5, 0.6) is 0 Å². The summed E-state index contributed by atoms with van der Waals surface area (Å²) in [5.74, 6) is -1.70. The predicted octanol–water partition coefficient (Wildman–Crippen LogP) is 1.09. The molecule has 1 aromatic rings. The highest BCUT2D eigenvalue weighted by Crippen LogP contribution is 2.34. The van der Waals surface area contributed by atoms with E-state index in [4.69, 9.17) is 12.2 Å². The van der Waals surface area contributed by atoms with Crippen LogP contribution < -0.4 is 5.11 Å². The minimum atomic E-state index is -1.32. The molecule has 1 fully saturated rings. The molecule has 1 amide bonds. The normalized spacial score (nSPS) is 19.6. The Kier molecular flexibility index (Phi) is 3.84. The van der Waals surface area contributed by atoms with Crippen LogP contribution in [0.1, 0.15) is 11.8 Å². The number of hydrogen-bond donors (Lipinski definition) is 0. The molecule has 1 aliphatic rings. The van der Waals surface area contributed by atoms with E-state index in [2.05, 4.69) is 0 Å². The van der Waals surface area contributed by atoms with E-state index in [0.717, 1.165) is 21.5 Å². The van der Waals surface area contributed by atoms with Gasteiger partial charge < -0.3 is 9.90 Å². The van der Waals surface area contributed by atoms with Crippen LogP contribution >= 0.6 is 35.3 Å². The first-order valence-corrected chi connectivity index (χ1v) is 7.12. The van der Waals surface area contributed by atoms with Gasteiger partial charge in [-0.3, -0.25) is 9.69 Å². The zero-order chi connectivity index (χ0) is 13.3. The fraction of sp³-hybridized carbons (Fsp3) is 0.182. The fourth-order valence-electron chi connectivity index (χ4n) is 1.42. The highest BCUT2D eigenvalue weighted by Gasteiger charge is 2.35. The molecule has 0 aliphatic carbocycles. The van der Waals surface area contributed by atoms with E-state index in [-0.39, 0.29) is 10.2 Å². The number of carboxylic acids is 1. The van der Waals surface area contributed by atoms with Crippen LogP contribution in [0.4, 0.5) is 0 Å². The van der Waals surface area contributed by atoms with Crippen LogP contribution in [0, 0.1) is 0 Å². The van der Waals surface area contributed by atoms with Crippen LogP contribution in [0.2, 0.25) is 0 Å². The van der Waals surface area contributed by atoms with Gasteiger partial charge in [-0.1, -0.05) is 30.0 Å². The molecule has 4 nitrogen and oxygen atoms in total. The quantitative estimate of drug-likeness (QED) is 0.617. The van der Waals surface area contributed by atoms with Crippen LogP contribution in [0.25, 0.3) is 6.08 Å². The van der Waals surface area contributed by atoms with Gasteiger partial charge in [0.2, 0.25) is 0 Å².